The van der Waals surface area contributed by atoms with Crippen LogP contribution in [0.5, 0.6) is 0 Å². The Bertz CT molecular complexity index is 583. The third-order valence-corrected chi connectivity index (χ3v) is 4.84. The van der Waals surface area contributed by atoms with Crippen molar-refractivity contribution in [2.24, 2.45) is 0 Å². The van der Waals surface area contributed by atoms with E-state index in [0.717, 1.165) is 38.0 Å². The smallest absolute Gasteiger partial charge is 0.341 e. The Morgan fingerprint density at radius 2 is 1.64 bits per heavy atom. The van der Waals surface area contributed by atoms with Gasteiger partial charge in [0.15, 0.2) is 6.17 Å². The summed E-state index contributed by atoms with van der Waals surface area (Å²) in [5.41, 5.74) is 1.09. The number of urea groups is 1. The third kappa shape index (κ3) is 4.39. The van der Waals surface area contributed by atoms with Crippen LogP contribution in [0.15, 0.2) is 24.5 Å². The molecule has 0 aromatic carbocycles. The van der Waals surface area contributed by atoms with E-state index in [4.69, 9.17) is 0 Å². The largest absolute Gasteiger partial charge is 0.479 e. The lowest BCUT2D eigenvalue weighted by Crippen LogP contribution is -2.59. The van der Waals surface area contributed by atoms with Crippen molar-refractivity contribution in [1.82, 2.24) is 20.1 Å². The quantitative estimate of drug-likeness (QED) is 0.838. The molecule has 136 valence electrons. The second-order valence-corrected chi connectivity index (χ2v) is 6.47. The number of hydrogen-bond acceptors (Lipinski definition) is 5. The summed E-state index contributed by atoms with van der Waals surface area (Å²) in [6, 6.07) is 3.60. The predicted octanol–water partition coefficient (Wildman–Crippen LogP) is 0.810. The van der Waals surface area contributed by atoms with Gasteiger partial charge in [0.2, 0.25) is 0 Å². The van der Waals surface area contributed by atoms with Gasteiger partial charge in [0.25, 0.3) is 0 Å². The van der Waals surface area contributed by atoms with Gasteiger partial charge >= 0.3 is 12.0 Å². The van der Waals surface area contributed by atoms with Gasteiger partial charge in [0, 0.05) is 57.3 Å². The number of rotatable bonds is 4. The van der Waals surface area contributed by atoms with Crippen LogP contribution in [0.1, 0.15) is 19.3 Å². The van der Waals surface area contributed by atoms with Crippen molar-refractivity contribution < 1.29 is 14.7 Å². The topological polar surface area (TPSA) is 89.0 Å². The number of carbonyl (C=O) groups is 2. The number of nitrogens with zero attached hydrogens (tertiary/aromatic N) is 4. The average Bonchev–Trinajstić information content (AvgIpc) is 2.67. The molecule has 0 saturated carbocycles. The summed E-state index contributed by atoms with van der Waals surface area (Å²) in [7, 11) is 0. The van der Waals surface area contributed by atoms with E-state index in [1.807, 2.05) is 17.0 Å². The van der Waals surface area contributed by atoms with Crippen molar-refractivity contribution >= 4 is 17.7 Å². The third-order valence-electron chi connectivity index (χ3n) is 4.84. The molecule has 3 heterocycles. The number of carbonyl (C=O) groups excluding carboxylic acids is 1. The van der Waals surface area contributed by atoms with E-state index in [9.17, 15) is 14.7 Å². The molecule has 2 aliphatic heterocycles. The second kappa shape index (κ2) is 8.15. The van der Waals surface area contributed by atoms with Crippen LogP contribution in [-0.4, -0.2) is 77.3 Å². The van der Waals surface area contributed by atoms with Gasteiger partial charge in [-0.1, -0.05) is 6.42 Å². The second-order valence-electron chi connectivity index (χ2n) is 6.47. The molecular weight excluding hydrogens is 322 g/mol. The van der Waals surface area contributed by atoms with Crippen molar-refractivity contribution in [2.75, 3.05) is 44.2 Å². The number of likely N-dealkylation sites (tertiary alicyclic amines) is 1. The molecule has 0 aliphatic carbocycles. The lowest BCUT2D eigenvalue weighted by molar-refractivity contribution is -0.144. The number of amides is 2. The van der Waals surface area contributed by atoms with E-state index in [1.54, 1.807) is 17.3 Å². The van der Waals surface area contributed by atoms with Crippen molar-refractivity contribution in [1.29, 1.82) is 0 Å². The Morgan fingerprint density at radius 3 is 2.24 bits per heavy atom. The molecule has 8 nitrogen and oxygen atoms in total. The summed E-state index contributed by atoms with van der Waals surface area (Å²) in [5.74, 6) is -0.995. The molecule has 2 amide bonds. The number of anilines is 1. The van der Waals surface area contributed by atoms with Crippen LogP contribution in [0.3, 0.4) is 0 Å². The molecule has 2 fully saturated rings. The maximum Gasteiger partial charge on any atom is 0.341 e. The van der Waals surface area contributed by atoms with Crippen LogP contribution in [0.25, 0.3) is 0 Å². The first kappa shape index (κ1) is 17.5. The molecule has 8 heteroatoms. The van der Waals surface area contributed by atoms with E-state index in [-0.39, 0.29) is 6.03 Å². The van der Waals surface area contributed by atoms with Gasteiger partial charge in [-0.3, -0.25) is 9.88 Å². The molecule has 1 aromatic heterocycles. The molecule has 3 rings (SSSR count). The molecule has 2 N–H and O–H groups in total. The van der Waals surface area contributed by atoms with Crippen LogP contribution < -0.4 is 10.2 Å². The Morgan fingerprint density at radius 1 is 1.00 bits per heavy atom. The van der Waals surface area contributed by atoms with E-state index in [2.05, 4.69) is 15.2 Å². The monoisotopic (exact) mass is 347 g/mol. The summed E-state index contributed by atoms with van der Waals surface area (Å²) < 4.78 is 0. The van der Waals surface area contributed by atoms with E-state index in [1.165, 1.54) is 0 Å². The Labute approximate surface area is 147 Å². The van der Waals surface area contributed by atoms with Gasteiger partial charge in [-0.2, -0.15) is 0 Å². The fourth-order valence-corrected chi connectivity index (χ4v) is 3.42. The highest BCUT2D eigenvalue weighted by molar-refractivity contribution is 5.82. The van der Waals surface area contributed by atoms with Crippen molar-refractivity contribution in [2.45, 2.75) is 25.4 Å². The molecule has 2 aliphatic rings. The molecule has 1 aromatic rings. The molecule has 2 saturated heterocycles. The number of aliphatic carboxylic acids is 1. The minimum absolute atomic E-state index is 0.299. The number of pyridine rings is 1. The fourth-order valence-electron chi connectivity index (χ4n) is 3.42. The lowest BCUT2D eigenvalue weighted by Gasteiger charge is -2.38. The summed E-state index contributed by atoms with van der Waals surface area (Å²) in [6.45, 7) is 4.01. The number of piperazine rings is 1. The fraction of sp³-hybridized carbons (Fsp3) is 0.588. The van der Waals surface area contributed by atoms with Crippen LogP contribution in [0, 0.1) is 0 Å². The summed E-state index contributed by atoms with van der Waals surface area (Å²) in [6.07, 6.45) is 5.64. The van der Waals surface area contributed by atoms with E-state index < -0.39 is 12.1 Å². The normalized spacial score (nSPS) is 20.2. The predicted molar refractivity (Wildman–Crippen MR) is 93.4 cm³/mol. The van der Waals surface area contributed by atoms with E-state index in [0.29, 0.717) is 26.2 Å². The first-order chi connectivity index (χ1) is 12.1. The number of piperidine rings is 1. The summed E-state index contributed by atoms with van der Waals surface area (Å²) in [5, 5.41) is 12.2. The molecule has 1 unspecified atom stereocenters. The van der Waals surface area contributed by atoms with Gasteiger partial charge in [0.1, 0.15) is 0 Å². The molecule has 0 bridgehead atoms. The standard InChI is InChI=1S/C17H25N5O3/c23-16(24)15(21-8-2-1-3-9-21)19-17(25)22-12-10-20(11-13-22)14-4-6-18-7-5-14/h4-7,15H,1-3,8-13H2,(H,19,25)(H,23,24). The Balaban J connectivity index is 1.53. The van der Waals surface area contributed by atoms with Gasteiger partial charge in [-0.15, -0.1) is 0 Å². The first-order valence-corrected chi connectivity index (χ1v) is 8.82. The number of carboxylic acids is 1. The highest BCUT2D eigenvalue weighted by Crippen LogP contribution is 2.15. The molecule has 1 atom stereocenters. The minimum atomic E-state index is -0.995. The molecule has 0 radical (unpaired) electrons. The van der Waals surface area contributed by atoms with Crippen molar-refractivity contribution in [3.63, 3.8) is 0 Å². The maximum absolute atomic E-state index is 12.5. The van der Waals surface area contributed by atoms with Crippen LogP contribution in [-0.2, 0) is 4.79 Å². The number of carboxylic acid groups (broad SMARTS) is 1. The SMILES string of the molecule is O=C(O)C(NC(=O)N1CCN(c2ccncc2)CC1)N1CCCCC1. The summed E-state index contributed by atoms with van der Waals surface area (Å²) in [4.78, 5) is 33.8. The first-order valence-electron chi connectivity index (χ1n) is 8.82. The molecule has 25 heavy (non-hydrogen) atoms. The zero-order valence-electron chi connectivity index (χ0n) is 14.3. The number of aromatic nitrogens is 1. The zero-order chi connectivity index (χ0) is 17.6. The lowest BCUT2D eigenvalue weighted by atomic mass is 10.1. The van der Waals surface area contributed by atoms with Crippen LogP contribution >= 0.6 is 0 Å². The highest BCUT2D eigenvalue weighted by atomic mass is 16.4. The van der Waals surface area contributed by atoms with Gasteiger partial charge < -0.3 is 20.2 Å². The Hall–Kier alpha value is -2.35. The van der Waals surface area contributed by atoms with Crippen LogP contribution in [0.2, 0.25) is 0 Å². The number of hydrogen-bond donors (Lipinski definition) is 2. The molecular formula is C17H25N5O3. The average molecular weight is 347 g/mol. The summed E-state index contributed by atoms with van der Waals surface area (Å²) >= 11 is 0. The van der Waals surface area contributed by atoms with Gasteiger partial charge in [-0.05, 0) is 25.0 Å². The van der Waals surface area contributed by atoms with Crippen molar-refractivity contribution in [3.8, 4) is 0 Å². The number of nitrogens with one attached hydrogen (secondary N) is 1. The zero-order valence-corrected chi connectivity index (χ0v) is 14.3. The van der Waals surface area contributed by atoms with Crippen molar-refractivity contribution in [3.05, 3.63) is 24.5 Å². The van der Waals surface area contributed by atoms with E-state index >= 15 is 0 Å². The maximum atomic E-state index is 12.5. The molecule has 0 spiro atoms. The van der Waals surface area contributed by atoms with Gasteiger partial charge in [-0.25, -0.2) is 9.59 Å². The minimum Gasteiger partial charge on any atom is -0.479 e. The highest BCUT2D eigenvalue weighted by Gasteiger charge is 2.30. The van der Waals surface area contributed by atoms with Crippen LogP contribution in [0.4, 0.5) is 10.5 Å². The van der Waals surface area contributed by atoms with Gasteiger partial charge in [0.05, 0.1) is 0 Å². The Kier molecular flexibility index (Phi) is 5.70.